The average Bonchev–Trinajstić information content (AvgIpc) is 2.86. The van der Waals surface area contributed by atoms with Crippen molar-refractivity contribution >= 4 is 35.0 Å². The molecule has 2 aliphatic heterocycles. The Bertz CT molecular complexity index is 1130. The summed E-state index contributed by atoms with van der Waals surface area (Å²) in [6, 6.07) is 12.1. The molecule has 0 bridgehead atoms. The number of rotatable bonds is 7. The SMILES string of the molecule is COCC(=O)Nc1ccc2c(c1)C(=O)N(C)[C@H]1CC[C@@H](CC(=O)NCc3ccccc3Cl)O[C@H]1CO2. The molecule has 0 radical (unpaired) electrons. The zero-order valence-corrected chi connectivity index (χ0v) is 21.0. The smallest absolute Gasteiger partial charge is 0.257 e. The molecule has 2 aromatic rings. The lowest BCUT2D eigenvalue weighted by molar-refractivity contribution is -0.134. The predicted octanol–water partition coefficient (Wildman–Crippen LogP) is 3.01. The van der Waals surface area contributed by atoms with E-state index in [0.29, 0.717) is 41.4 Å². The molecule has 0 aromatic heterocycles. The number of ether oxygens (including phenoxy) is 3. The van der Waals surface area contributed by atoms with Crippen LogP contribution in [0.5, 0.6) is 5.75 Å². The normalized spacial score (nSPS) is 21.4. The largest absolute Gasteiger partial charge is 0.490 e. The first-order valence-electron chi connectivity index (χ1n) is 11.8. The van der Waals surface area contributed by atoms with Crippen LogP contribution in [0.4, 0.5) is 5.69 Å². The number of carbonyl (C=O) groups is 3. The molecule has 2 aromatic carbocycles. The highest BCUT2D eigenvalue weighted by Crippen LogP contribution is 2.32. The van der Waals surface area contributed by atoms with Crippen molar-refractivity contribution in [2.24, 2.45) is 0 Å². The van der Waals surface area contributed by atoms with Gasteiger partial charge < -0.3 is 29.7 Å². The summed E-state index contributed by atoms with van der Waals surface area (Å²) in [4.78, 5) is 39.4. The lowest BCUT2D eigenvalue weighted by atomic mass is 9.94. The summed E-state index contributed by atoms with van der Waals surface area (Å²) >= 11 is 6.16. The van der Waals surface area contributed by atoms with Crippen LogP contribution in [0.2, 0.25) is 5.02 Å². The number of hydrogen-bond donors (Lipinski definition) is 2. The van der Waals surface area contributed by atoms with Crippen molar-refractivity contribution in [3.63, 3.8) is 0 Å². The van der Waals surface area contributed by atoms with E-state index in [9.17, 15) is 14.4 Å². The van der Waals surface area contributed by atoms with Crippen molar-refractivity contribution in [3.8, 4) is 5.75 Å². The Morgan fingerprint density at radius 2 is 1.97 bits per heavy atom. The second kappa shape index (κ2) is 11.7. The van der Waals surface area contributed by atoms with Gasteiger partial charge in [-0.25, -0.2) is 0 Å². The molecule has 2 N–H and O–H groups in total. The van der Waals surface area contributed by atoms with Gasteiger partial charge in [0, 0.05) is 31.4 Å². The van der Waals surface area contributed by atoms with Gasteiger partial charge in [0.2, 0.25) is 11.8 Å². The quantitative estimate of drug-likeness (QED) is 0.587. The topological polar surface area (TPSA) is 106 Å². The highest BCUT2D eigenvalue weighted by molar-refractivity contribution is 6.31. The van der Waals surface area contributed by atoms with Gasteiger partial charge in [-0.2, -0.15) is 0 Å². The summed E-state index contributed by atoms with van der Waals surface area (Å²) in [6.07, 6.45) is 0.883. The van der Waals surface area contributed by atoms with E-state index in [1.807, 2.05) is 18.2 Å². The lowest BCUT2D eigenvalue weighted by Gasteiger charge is -2.42. The van der Waals surface area contributed by atoms with Crippen LogP contribution in [0.25, 0.3) is 0 Å². The second-order valence-corrected chi connectivity index (χ2v) is 9.34. The van der Waals surface area contributed by atoms with Crippen LogP contribution in [-0.4, -0.2) is 68.2 Å². The first-order chi connectivity index (χ1) is 17.4. The van der Waals surface area contributed by atoms with E-state index < -0.39 is 0 Å². The zero-order chi connectivity index (χ0) is 25.7. The molecule has 0 saturated carbocycles. The molecule has 10 heteroatoms. The predicted molar refractivity (Wildman–Crippen MR) is 134 cm³/mol. The number of amides is 3. The Labute approximate surface area is 215 Å². The monoisotopic (exact) mass is 515 g/mol. The van der Waals surface area contributed by atoms with Crippen molar-refractivity contribution in [2.45, 2.75) is 44.1 Å². The summed E-state index contributed by atoms with van der Waals surface area (Å²) in [5, 5.41) is 6.22. The van der Waals surface area contributed by atoms with E-state index in [1.54, 1.807) is 36.2 Å². The third-order valence-electron chi connectivity index (χ3n) is 6.42. The van der Waals surface area contributed by atoms with E-state index in [2.05, 4.69) is 10.6 Å². The number of nitrogens with zero attached hydrogens (tertiary/aromatic N) is 1. The number of hydrogen-bond acceptors (Lipinski definition) is 6. The second-order valence-electron chi connectivity index (χ2n) is 8.93. The fraction of sp³-hybridized carbons (Fsp3) is 0.423. The van der Waals surface area contributed by atoms with Gasteiger partial charge in [-0.3, -0.25) is 14.4 Å². The number of anilines is 1. The maximum atomic E-state index is 13.3. The number of likely N-dealkylation sites (N-methyl/N-ethyl adjacent to an activating group) is 1. The van der Waals surface area contributed by atoms with Gasteiger partial charge in [0.1, 0.15) is 25.1 Å². The fourth-order valence-corrected chi connectivity index (χ4v) is 4.75. The summed E-state index contributed by atoms with van der Waals surface area (Å²) in [5.41, 5.74) is 1.71. The lowest BCUT2D eigenvalue weighted by Crippen LogP contribution is -2.53. The maximum absolute atomic E-state index is 13.3. The van der Waals surface area contributed by atoms with Crippen molar-refractivity contribution in [1.29, 1.82) is 0 Å². The van der Waals surface area contributed by atoms with Crippen molar-refractivity contribution in [1.82, 2.24) is 10.2 Å². The van der Waals surface area contributed by atoms with E-state index in [-0.39, 0.29) is 55.6 Å². The third-order valence-corrected chi connectivity index (χ3v) is 6.79. The minimum Gasteiger partial charge on any atom is -0.490 e. The van der Waals surface area contributed by atoms with Crippen molar-refractivity contribution in [3.05, 3.63) is 58.6 Å². The van der Waals surface area contributed by atoms with Gasteiger partial charge in [-0.1, -0.05) is 29.8 Å². The standard InChI is InChI=1S/C26H30ClN3O6/c1-30-21-9-8-18(12-24(31)28-13-16-5-3-4-6-20(16)27)36-23(21)14-35-22-10-7-17(11-19(22)26(30)33)29-25(32)15-34-2/h3-7,10-11,18,21,23H,8-9,12-15H2,1-2H3,(H,28,31)(H,29,32)/t18-,21-,23-/m0/s1. The number of halogens is 1. The molecule has 9 nitrogen and oxygen atoms in total. The third kappa shape index (κ3) is 6.16. The Morgan fingerprint density at radius 3 is 2.75 bits per heavy atom. The van der Waals surface area contributed by atoms with Gasteiger partial charge in [-0.05, 0) is 42.7 Å². The van der Waals surface area contributed by atoms with Crippen LogP contribution in [0.15, 0.2) is 42.5 Å². The summed E-state index contributed by atoms with van der Waals surface area (Å²) in [6.45, 7) is 0.506. The van der Waals surface area contributed by atoms with Gasteiger partial charge in [0.25, 0.3) is 5.91 Å². The molecule has 2 aliphatic rings. The molecule has 4 rings (SSSR count). The zero-order valence-electron chi connectivity index (χ0n) is 20.3. The number of methoxy groups -OCH3 is 1. The highest BCUT2D eigenvalue weighted by atomic mass is 35.5. The molecule has 0 aliphatic carbocycles. The molecule has 0 unspecified atom stereocenters. The van der Waals surface area contributed by atoms with Crippen LogP contribution in [0, 0.1) is 0 Å². The van der Waals surface area contributed by atoms with E-state index in [1.165, 1.54) is 7.11 Å². The maximum Gasteiger partial charge on any atom is 0.257 e. The molecule has 1 fully saturated rings. The summed E-state index contributed by atoms with van der Waals surface area (Å²) in [7, 11) is 3.18. The Morgan fingerprint density at radius 1 is 1.17 bits per heavy atom. The summed E-state index contributed by atoms with van der Waals surface area (Å²) < 4.78 is 17.0. The van der Waals surface area contributed by atoms with Gasteiger partial charge >= 0.3 is 0 Å². The van der Waals surface area contributed by atoms with Gasteiger partial charge in [0.05, 0.1) is 24.1 Å². The minimum absolute atomic E-state index is 0.0816. The van der Waals surface area contributed by atoms with Crippen molar-refractivity contribution in [2.75, 3.05) is 32.7 Å². The minimum atomic E-state index is -0.372. The Kier molecular flexibility index (Phi) is 8.45. The number of fused-ring (bicyclic) bond motifs is 2. The Hall–Kier alpha value is -3.14. The number of benzene rings is 2. The van der Waals surface area contributed by atoms with E-state index in [0.717, 1.165) is 5.56 Å². The first kappa shape index (κ1) is 25.9. The molecular formula is C26H30ClN3O6. The average molecular weight is 516 g/mol. The first-order valence-corrected chi connectivity index (χ1v) is 12.2. The Balaban J connectivity index is 1.38. The van der Waals surface area contributed by atoms with E-state index in [4.69, 9.17) is 25.8 Å². The van der Waals surface area contributed by atoms with Gasteiger partial charge in [-0.15, -0.1) is 0 Å². The molecule has 36 heavy (non-hydrogen) atoms. The number of nitrogens with one attached hydrogen (secondary N) is 2. The van der Waals surface area contributed by atoms with E-state index >= 15 is 0 Å². The van der Waals surface area contributed by atoms with Gasteiger partial charge in [0.15, 0.2) is 0 Å². The van der Waals surface area contributed by atoms with Crippen LogP contribution < -0.4 is 15.4 Å². The van der Waals surface area contributed by atoms with Crippen LogP contribution in [-0.2, 0) is 25.6 Å². The van der Waals surface area contributed by atoms with Crippen LogP contribution >= 0.6 is 11.6 Å². The van der Waals surface area contributed by atoms with Crippen molar-refractivity contribution < 1.29 is 28.6 Å². The molecule has 192 valence electrons. The molecule has 2 heterocycles. The molecule has 3 amide bonds. The van der Waals surface area contributed by atoms with Crippen LogP contribution in [0.1, 0.15) is 35.2 Å². The van der Waals surface area contributed by atoms with Crippen LogP contribution in [0.3, 0.4) is 0 Å². The highest BCUT2D eigenvalue weighted by Gasteiger charge is 2.39. The number of carbonyl (C=O) groups excluding carboxylic acids is 3. The summed E-state index contributed by atoms with van der Waals surface area (Å²) in [5.74, 6) is -0.240. The molecule has 0 spiro atoms. The molecular weight excluding hydrogens is 486 g/mol. The molecule has 3 atom stereocenters. The molecule has 1 saturated heterocycles. The fourth-order valence-electron chi connectivity index (χ4n) is 4.55.